The van der Waals surface area contributed by atoms with Gasteiger partial charge in [-0.15, -0.1) is 0 Å². The van der Waals surface area contributed by atoms with Crippen LogP contribution in [0.4, 0.5) is 5.82 Å². The fraction of sp³-hybridized carbons (Fsp3) is 0.550. The van der Waals surface area contributed by atoms with Gasteiger partial charge in [-0.1, -0.05) is 30.3 Å². The number of nitrogens with one attached hydrogen (secondary N) is 2. The molecular formula is C20H29N5. The third-order valence-corrected chi connectivity index (χ3v) is 5.44. The first kappa shape index (κ1) is 16.6. The van der Waals surface area contributed by atoms with Gasteiger partial charge in [0.2, 0.25) is 0 Å². The molecule has 0 bridgehead atoms. The maximum atomic E-state index is 4.57. The lowest BCUT2D eigenvalue weighted by Crippen LogP contribution is -2.45. The number of benzene rings is 1. The summed E-state index contributed by atoms with van der Waals surface area (Å²) in [6.45, 7) is 8.68. The minimum atomic E-state index is 0.620. The summed E-state index contributed by atoms with van der Waals surface area (Å²) >= 11 is 0. The van der Waals surface area contributed by atoms with Gasteiger partial charge in [-0.25, -0.2) is 4.68 Å². The second-order valence-electron chi connectivity index (χ2n) is 7.54. The summed E-state index contributed by atoms with van der Waals surface area (Å²) in [7, 11) is 0. The Labute approximate surface area is 150 Å². The first-order valence-corrected chi connectivity index (χ1v) is 9.54. The average molecular weight is 339 g/mol. The van der Waals surface area contributed by atoms with Gasteiger partial charge in [0.1, 0.15) is 5.82 Å². The molecule has 2 aromatic rings. The number of likely N-dealkylation sites (tertiary alicyclic amines) is 1. The molecule has 1 saturated heterocycles. The highest BCUT2D eigenvalue weighted by molar-refractivity contribution is 5.38. The second-order valence-corrected chi connectivity index (χ2v) is 7.54. The topological polar surface area (TPSA) is 45.1 Å². The van der Waals surface area contributed by atoms with Crippen LogP contribution in [0.25, 0.3) is 0 Å². The molecule has 134 valence electrons. The van der Waals surface area contributed by atoms with Gasteiger partial charge in [-0.2, -0.15) is 5.10 Å². The first-order chi connectivity index (χ1) is 12.3. The molecule has 0 radical (unpaired) electrons. The molecule has 0 amide bonds. The van der Waals surface area contributed by atoms with E-state index in [1.165, 1.54) is 37.3 Å². The second kappa shape index (κ2) is 7.58. The molecule has 5 nitrogen and oxygen atoms in total. The number of fused-ring (bicyclic) bond motifs is 1. The lowest BCUT2D eigenvalue weighted by atomic mass is 10.0. The number of hydrogen-bond donors (Lipinski definition) is 2. The van der Waals surface area contributed by atoms with Gasteiger partial charge in [0.05, 0.1) is 5.69 Å². The maximum absolute atomic E-state index is 4.57. The van der Waals surface area contributed by atoms with Crippen molar-refractivity contribution < 1.29 is 0 Å². The molecule has 1 aromatic carbocycles. The molecule has 2 N–H and O–H groups in total. The maximum Gasteiger partial charge on any atom is 0.124 e. The van der Waals surface area contributed by atoms with Crippen molar-refractivity contribution >= 4 is 5.82 Å². The summed E-state index contributed by atoms with van der Waals surface area (Å²) < 4.78 is 2.12. The van der Waals surface area contributed by atoms with E-state index >= 15 is 0 Å². The van der Waals surface area contributed by atoms with Gasteiger partial charge < -0.3 is 10.6 Å². The molecule has 25 heavy (non-hydrogen) atoms. The van der Waals surface area contributed by atoms with Crippen LogP contribution in [-0.4, -0.2) is 46.9 Å². The number of rotatable bonds is 5. The van der Waals surface area contributed by atoms with Crippen molar-refractivity contribution in [2.45, 2.75) is 38.9 Å². The molecule has 0 aliphatic carbocycles. The van der Waals surface area contributed by atoms with Gasteiger partial charge in [-0.3, -0.25) is 4.90 Å². The van der Waals surface area contributed by atoms with Crippen LogP contribution in [0.5, 0.6) is 0 Å². The highest BCUT2D eigenvalue weighted by Gasteiger charge is 2.22. The highest BCUT2D eigenvalue weighted by Crippen LogP contribution is 2.19. The molecule has 2 aliphatic rings. The van der Waals surface area contributed by atoms with Crippen molar-refractivity contribution in [2.75, 3.05) is 31.5 Å². The Balaban J connectivity index is 1.19. The summed E-state index contributed by atoms with van der Waals surface area (Å²) in [5, 5.41) is 11.9. The predicted molar refractivity (Wildman–Crippen MR) is 102 cm³/mol. The van der Waals surface area contributed by atoms with Crippen molar-refractivity contribution in [3.8, 4) is 0 Å². The Morgan fingerprint density at radius 3 is 2.80 bits per heavy atom. The zero-order chi connectivity index (χ0) is 17.1. The van der Waals surface area contributed by atoms with E-state index in [0.717, 1.165) is 31.9 Å². The highest BCUT2D eigenvalue weighted by atomic mass is 15.3. The van der Waals surface area contributed by atoms with Gasteiger partial charge in [0.15, 0.2) is 0 Å². The number of aryl methyl sites for hydroxylation is 1. The smallest absolute Gasteiger partial charge is 0.124 e. The van der Waals surface area contributed by atoms with Crippen LogP contribution in [-0.2, 0) is 13.1 Å². The molecule has 1 unspecified atom stereocenters. The summed E-state index contributed by atoms with van der Waals surface area (Å²) in [4.78, 5) is 2.58. The Morgan fingerprint density at radius 2 is 2.00 bits per heavy atom. The standard InChI is InChI=1S/C20H29N5/c1-16-11-20-22-13-18(15-25(20)23-16)12-21-19-7-9-24(10-8-19)14-17-5-3-2-4-6-17/h2-6,11,18-19,21-22H,7-10,12-15H2,1H3. The average Bonchev–Trinajstić information content (AvgIpc) is 3.01. The van der Waals surface area contributed by atoms with Crippen molar-refractivity contribution in [3.05, 3.63) is 47.7 Å². The predicted octanol–water partition coefficient (Wildman–Crippen LogP) is 2.49. The van der Waals surface area contributed by atoms with Gasteiger partial charge in [0, 0.05) is 44.2 Å². The van der Waals surface area contributed by atoms with Crippen molar-refractivity contribution in [2.24, 2.45) is 5.92 Å². The molecule has 0 spiro atoms. The molecule has 2 aliphatic heterocycles. The van der Waals surface area contributed by atoms with Crippen LogP contribution < -0.4 is 10.6 Å². The van der Waals surface area contributed by atoms with Crippen LogP contribution in [0.3, 0.4) is 0 Å². The molecule has 1 atom stereocenters. The van der Waals surface area contributed by atoms with E-state index < -0.39 is 0 Å². The Bertz CT molecular complexity index is 673. The molecule has 0 saturated carbocycles. The van der Waals surface area contributed by atoms with E-state index in [4.69, 9.17) is 0 Å². The Kier molecular flexibility index (Phi) is 5.04. The number of hydrogen-bond acceptors (Lipinski definition) is 4. The summed E-state index contributed by atoms with van der Waals surface area (Å²) in [6, 6.07) is 13.6. The molecule has 1 fully saturated rings. The number of anilines is 1. The summed E-state index contributed by atoms with van der Waals surface area (Å²) in [5.41, 5.74) is 2.52. The molecular weight excluding hydrogens is 310 g/mol. The number of piperidine rings is 1. The number of aromatic nitrogens is 2. The normalized spacial score (nSPS) is 21.7. The van der Waals surface area contributed by atoms with Crippen LogP contribution in [0.15, 0.2) is 36.4 Å². The molecule has 4 rings (SSSR count). The lowest BCUT2D eigenvalue weighted by molar-refractivity contribution is 0.186. The zero-order valence-corrected chi connectivity index (χ0v) is 15.1. The van der Waals surface area contributed by atoms with E-state index in [1.807, 2.05) is 0 Å². The quantitative estimate of drug-likeness (QED) is 0.878. The van der Waals surface area contributed by atoms with Gasteiger partial charge >= 0.3 is 0 Å². The minimum Gasteiger partial charge on any atom is -0.370 e. The van der Waals surface area contributed by atoms with Crippen molar-refractivity contribution in [1.82, 2.24) is 20.0 Å². The Hall–Kier alpha value is -1.85. The van der Waals surface area contributed by atoms with Gasteiger partial charge in [0.25, 0.3) is 0 Å². The third-order valence-electron chi connectivity index (χ3n) is 5.44. The number of nitrogens with zero attached hydrogens (tertiary/aromatic N) is 3. The summed E-state index contributed by atoms with van der Waals surface area (Å²) in [5.74, 6) is 1.79. The minimum absolute atomic E-state index is 0.620. The Morgan fingerprint density at radius 1 is 1.20 bits per heavy atom. The first-order valence-electron chi connectivity index (χ1n) is 9.54. The molecule has 3 heterocycles. The summed E-state index contributed by atoms with van der Waals surface area (Å²) in [6.07, 6.45) is 2.50. The SMILES string of the molecule is Cc1cc2n(n1)CC(CNC1CCN(Cc3ccccc3)CC1)CN2. The van der Waals surface area contributed by atoms with Crippen LogP contribution in [0, 0.1) is 12.8 Å². The van der Waals surface area contributed by atoms with E-state index in [-0.39, 0.29) is 0 Å². The fourth-order valence-corrected chi connectivity index (χ4v) is 3.99. The van der Waals surface area contributed by atoms with E-state index in [9.17, 15) is 0 Å². The third kappa shape index (κ3) is 4.22. The van der Waals surface area contributed by atoms with Crippen LogP contribution in [0.1, 0.15) is 24.1 Å². The monoisotopic (exact) mass is 339 g/mol. The van der Waals surface area contributed by atoms with Gasteiger partial charge in [-0.05, 0) is 38.4 Å². The largest absolute Gasteiger partial charge is 0.370 e. The van der Waals surface area contributed by atoms with E-state index in [0.29, 0.717) is 12.0 Å². The van der Waals surface area contributed by atoms with E-state index in [1.54, 1.807) is 0 Å². The van der Waals surface area contributed by atoms with Crippen molar-refractivity contribution in [3.63, 3.8) is 0 Å². The molecule has 1 aromatic heterocycles. The van der Waals surface area contributed by atoms with Crippen molar-refractivity contribution in [1.29, 1.82) is 0 Å². The van der Waals surface area contributed by atoms with Crippen LogP contribution in [0.2, 0.25) is 0 Å². The lowest BCUT2D eigenvalue weighted by Gasteiger charge is -2.34. The molecule has 5 heteroatoms. The van der Waals surface area contributed by atoms with Crippen LogP contribution >= 0.6 is 0 Å². The zero-order valence-electron chi connectivity index (χ0n) is 15.1. The fourth-order valence-electron chi connectivity index (χ4n) is 3.99. The van der Waals surface area contributed by atoms with E-state index in [2.05, 4.69) is 68.6 Å².